The molecule has 0 bridgehead atoms. The number of ketones is 1. The highest BCUT2D eigenvalue weighted by atomic mass is 16.4. The number of likely N-dealkylation sites (tertiary alicyclic amines) is 1. The van der Waals surface area contributed by atoms with Gasteiger partial charge in [-0.05, 0) is 31.0 Å². The molecule has 1 saturated heterocycles. The number of carboxylic acid groups (broad SMARTS) is 1. The first kappa shape index (κ1) is 20.3. The second kappa shape index (κ2) is 8.72. The molecule has 1 aliphatic rings. The zero-order valence-corrected chi connectivity index (χ0v) is 16.1. The van der Waals surface area contributed by atoms with Crippen molar-refractivity contribution in [3.8, 4) is 0 Å². The van der Waals surface area contributed by atoms with Gasteiger partial charge in [0, 0.05) is 49.2 Å². The number of benzene rings is 1. The lowest BCUT2D eigenvalue weighted by Gasteiger charge is -2.31. The first-order chi connectivity index (χ1) is 13.9. The van der Waals surface area contributed by atoms with Crippen LogP contribution in [-0.2, 0) is 9.59 Å². The van der Waals surface area contributed by atoms with Crippen LogP contribution >= 0.6 is 0 Å². The van der Waals surface area contributed by atoms with Gasteiger partial charge in [-0.25, -0.2) is 0 Å². The highest BCUT2D eigenvalue weighted by molar-refractivity contribution is 6.09. The van der Waals surface area contributed by atoms with E-state index in [-0.39, 0.29) is 24.1 Å². The van der Waals surface area contributed by atoms with Crippen LogP contribution in [0, 0.1) is 5.92 Å². The van der Waals surface area contributed by atoms with E-state index in [9.17, 15) is 19.2 Å². The van der Waals surface area contributed by atoms with Gasteiger partial charge in [-0.1, -0.05) is 12.1 Å². The summed E-state index contributed by atoms with van der Waals surface area (Å²) < 4.78 is 0. The van der Waals surface area contributed by atoms with Crippen molar-refractivity contribution in [3.63, 3.8) is 0 Å². The number of nitrogens with zero attached hydrogens (tertiary/aromatic N) is 2. The van der Waals surface area contributed by atoms with E-state index in [1.54, 1.807) is 54.7 Å². The summed E-state index contributed by atoms with van der Waals surface area (Å²) in [4.78, 5) is 54.1. The summed E-state index contributed by atoms with van der Waals surface area (Å²) in [5.41, 5.74) is 1.40. The predicted octanol–water partition coefficient (Wildman–Crippen LogP) is 1.64. The first-order valence-electron chi connectivity index (χ1n) is 9.40. The van der Waals surface area contributed by atoms with E-state index < -0.39 is 11.9 Å². The van der Waals surface area contributed by atoms with Crippen molar-refractivity contribution in [1.82, 2.24) is 14.8 Å². The summed E-state index contributed by atoms with van der Waals surface area (Å²) >= 11 is 0. The van der Waals surface area contributed by atoms with Gasteiger partial charge >= 0.3 is 5.97 Å². The van der Waals surface area contributed by atoms with Crippen LogP contribution in [0.1, 0.15) is 39.1 Å². The van der Waals surface area contributed by atoms with Gasteiger partial charge in [0.15, 0.2) is 5.78 Å². The zero-order valence-electron chi connectivity index (χ0n) is 16.1. The summed E-state index contributed by atoms with van der Waals surface area (Å²) in [6.07, 6.45) is 4.13. The molecule has 2 heterocycles. The topological polar surface area (TPSA) is 111 Å². The van der Waals surface area contributed by atoms with Crippen LogP contribution in [-0.4, -0.2) is 70.1 Å². The molecule has 0 spiro atoms. The number of piperidine rings is 1. The molecule has 8 nitrogen and oxygen atoms in total. The molecule has 1 aromatic heterocycles. The number of likely N-dealkylation sites (N-methyl/N-ethyl adjacent to an activating group) is 1. The van der Waals surface area contributed by atoms with Crippen molar-refractivity contribution in [2.24, 2.45) is 5.92 Å². The van der Waals surface area contributed by atoms with Crippen LogP contribution in [0.2, 0.25) is 0 Å². The summed E-state index contributed by atoms with van der Waals surface area (Å²) in [6, 6.07) is 8.01. The second-order valence-corrected chi connectivity index (χ2v) is 7.16. The number of aliphatic carboxylic acids is 1. The SMILES string of the molecule is CN(CC(=O)N1CCC(C(=O)O)CC1)C(=O)c1ccc(C(=O)c2cc[nH]c2)cc1. The highest BCUT2D eigenvalue weighted by Gasteiger charge is 2.28. The Morgan fingerprint density at radius 1 is 1.03 bits per heavy atom. The smallest absolute Gasteiger partial charge is 0.306 e. The van der Waals surface area contributed by atoms with Crippen LogP contribution in [0.3, 0.4) is 0 Å². The summed E-state index contributed by atoms with van der Waals surface area (Å²) in [6.45, 7) is 0.683. The predicted molar refractivity (Wildman–Crippen MR) is 105 cm³/mol. The molecule has 152 valence electrons. The molecule has 1 aliphatic heterocycles. The van der Waals surface area contributed by atoms with E-state index in [0.29, 0.717) is 42.6 Å². The van der Waals surface area contributed by atoms with Crippen molar-refractivity contribution in [2.45, 2.75) is 12.8 Å². The maximum Gasteiger partial charge on any atom is 0.306 e. The van der Waals surface area contributed by atoms with Crippen molar-refractivity contribution >= 4 is 23.6 Å². The van der Waals surface area contributed by atoms with E-state index in [1.807, 2.05) is 0 Å². The number of H-pyrrole nitrogens is 1. The number of rotatable bonds is 6. The number of carbonyl (C=O) groups is 4. The molecule has 0 atom stereocenters. The van der Waals surface area contributed by atoms with Gasteiger partial charge in [0.2, 0.25) is 5.91 Å². The number of aromatic amines is 1. The fourth-order valence-electron chi connectivity index (χ4n) is 3.37. The number of carbonyl (C=O) groups excluding carboxylic acids is 3. The third-order valence-corrected chi connectivity index (χ3v) is 5.17. The molecular formula is C21H23N3O5. The Morgan fingerprint density at radius 3 is 2.21 bits per heavy atom. The first-order valence-corrected chi connectivity index (χ1v) is 9.40. The third kappa shape index (κ3) is 4.71. The van der Waals surface area contributed by atoms with Gasteiger partial charge in [-0.15, -0.1) is 0 Å². The van der Waals surface area contributed by atoms with Crippen LogP contribution < -0.4 is 0 Å². The highest BCUT2D eigenvalue weighted by Crippen LogP contribution is 2.18. The van der Waals surface area contributed by atoms with Gasteiger partial charge in [0.25, 0.3) is 5.91 Å². The molecule has 2 aromatic rings. The molecule has 8 heteroatoms. The molecule has 2 amide bonds. The number of carboxylic acids is 1. The molecular weight excluding hydrogens is 374 g/mol. The molecule has 0 radical (unpaired) electrons. The molecule has 29 heavy (non-hydrogen) atoms. The Labute approximate surface area is 168 Å². The fraction of sp³-hybridized carbons (Fsp3) is 0.333. The lowest BCUT2D eigenvalue weighted by molar-refractivity contribution is -0.145. The Bertz CT molecular complexity index is 897. The lowest BCUT2D eigenvalue weighted by Crippen LogP contribution is -2.45. The number of nitrogens with one attached hydrogen (secondary N) is 1. The largest absolute Gasteiger partial charge is 0.481 e. The van der Waals surface area contributed by atoms with Gasteiger partial charge in [0.1, 0.15) is 0 Å². The second-order valence-electron chi connectivity index (χ2n) is 7.16. The van der Waals surface area contributed by atoms with Crippen molar-refractivity contribution < 1.29 is 24.3 Å². The summed E-state index contributed by atoms with van der Waals surface area (Å²) in [5, 5.41) is 9.04. The average Bonchev–Trinajstić information content (AvgIpc) is 3.27. The Balaban J connectivity index is 1.56. The van der Waals surface area contributed by atoms with Gasteiger partial charge < -0.3 is 19.9 Å². The minimum absolute atomic E-state index is 0.0827. The Morgan fingerprint density at radius 2 is 1.66 bits per heavy atom. The van der Waals surface area contributed by atoms with Gasteiger partial charge in [-0.3, -0.25) is 19.2 Å². The van der Waals surface area contributed by atoms with Gasteiger partial charge in [0.05, 0.1) is 12.5 Å². The minimum atomic E-state index is -0.831. The molecule has 0 saturated carbocycles. The van der Waals surface area contributed by atoms with E-state index >= 15 is 0 Å². The Hall–Kier alpha value is -3.42. The van der Waals surface area contributed by atoms with E-state index in [4.69, 9.17) is 5.11 Å². The fourth-order valence-corrected chi connectivity index (χ4v) is 3.37. The quantitative estimate of drug-likeness (QED) is 0.720. The number of hydrogen-bond donors (Lipinski definition) is 2. The number of aromatic nitrogens is 1. The van der Waals surface area contributed by atoms with Crippen LogP contribution in [0.5, 0.6) is 0 Å². The summed E-state index contributed by atoms with van der Waals surface area (Å²) in [7, 11) is 1.54. The molecule has 1 aromatic carbocycles. The third-order valence-electron chi connectivity index (χ3n) is 5.17. The zero-order chi connectivity index (χ0) is 21.0. The maximum absolute atomic E-state index is 12.6. The average molecular weight is 397 g/mol. The number of amides is 2. The van der Waals surface area contributed by atoms with Crippen LogP contribution in [0.4, 0.5) is 0 Å². The van der Waals surface area contributed by atoms with Crippen molar-refractivity contribution in [2.75, 3.05) is 26.7 Å². The standard InChI is InChI=1S/C21H23N3O5/c1-23(13-18(25)24-10-7-16(8-11-24)21(28)29)20(27)15-4-2-14(3-5-15)19(26)17-6-9-22-12-17/h2-6,9,12,16,22H,7-8,10-11,13H2,1H3,(H,28,29). The van der Waals surface area contributed by atoms with Crippen molar-refractivity contribution in [3.05, 3.63) is 59.4 Å². The lowest BCUT2D eigenvalue weighted by atomic mass is 9.97. The summed E-state index contributed by atoms with van der Waals surface area (Å²) in [5.74, 6) is -1.91. The molecule has 0 unspecified atom stereocenters. The van der Waals surface area contributed by atoms with E-state index in [1.165, 1.54) is 4.90 Å². The minimum Gasteiger partial charge on any atom is -0.481 e. The van der Waals surface area contributed by atoms with E-state index in [0.717, 1.165) is 0 Å². The van der Waals surface area contributed by atoms with Crippen LogP contribution in [0.25, 0.3) is 0 Å². The normalized spacial score (nSPS) is 14.4. The monoisotopic (exact) mass is 397 g/mol. The molecule has 2 N–H and O–H groups in total. The molecule has 3 rings (SSSR count). The molecule has 1 fully saturated rings. The Kier molecular flexibility index (Phi) is 6.11. The van der Waals surface area contributed by atoms with E-state index in [2.05, 4.69) is 4.98 Å². The van der Waals surface area contributed by atoms with Crippen molar-refractivity contribution in [1.29, 1.82) is 0 Å². The molecule has 0 aliphatic carbocycles. The maximum atomic E-state index is 12.6. The number of hydrogen-bond acceptors (Lipinski definition) is 4. The van der Waals surface area contributed by atoms with Gasteiger partial charge in [-0.2, -0.15) is 0 Å². The van der Waals surface area contributed by atoms with Crippen LogP contribution in [0.15, 0.2) is 42.7 Å².